The van der Waals surface area contributed by atoms with Gasteiger partial charge < -0.3 is 14.2 Å². The number of rotatable bonds is 2. The average Bonchev–Trinajstić information content (AvgIpc) is 2.72. The molecule has 0 aliphatic carbocycles. The van der Waals surface area contributed by atoms with Crippen LogP contribution in [-0.4, -0.2) is 25.9 Å². The molecule has 0 aromatic heterocycles. The predicted octanol–water partition coefficient (Wildman–Crippen LogP) is 4.32. The first-order valence-corrected chi connectivity index (χ1v) is 8.24. The first kappa shape index (κ1) is 14.5. The van der Waals surface area contributed by atoms with E-state index in [9.17, 15) is 0 Å². The molecule has 20 heavy (non-hydrogen) atoms. The van der Waals surface area contributed by atoms with Crippen molar-refractivity contribution in [3.63, 3.8) is 0 Å². The lowest BCUT2D eigenvalue weighted by atomic mass is 9.93. The van der Waals surface area contributed by atoms with Gasteiger partial charge in [0, 0.05) is 23.4 Å². The third-order valence-corrected chi connectivity index (χ3v) is 5.22. The standard InChI is InChI=1S/C15H18BrClO3/c1-9-10(3-6-18-9)15(17)11-7-13-14(8-12(11)16)20-5-2-4-19-13/h7-10,15H,2-6H2,1H3. The first-order chi connectivity index (χ1) is 9.66. The van der Waals surface area contributed by atoms with Crippen molar-refractivity contribution in [2.45, 2.75) is 31.2 Å². The maximum absolute atomic E-state index is 6.69. The molecule has 3 rings (SSSR count). The molecular formula is C15H18BrClO3. The largest absolute Gasteiger partial charge is 0.490 e. The van der Waals surface area contributed by atoms with Crippen molar-refractivity contribution in [3.8, 4) is 11.5 Å². The summed E-state index contributed by atoms with van der Waals surface area (Å²) < 4.78 is 18.0. The van der Waals surface area contributed by atoms with Gasteiger partial charge in [-0.1, -0.05) is 15.9 Å². The van der Waals surface area contributed by atoms with E-state index in [0.717, 1.165) is 41.0 Å². The number of benzene rings is 1. The summed E-state index contributed by atoms with van der Waals surface area (Å²) in [6.07, 6.45) is 2.09. The molecule has 0 saturated carbocycles. The van der Waals surface area contributed by atoms with Gasteiger partial charge in [-0.05, 0) is 31.0 Å². The van der Waals surface area contributed by atoms with E-state index in [1.54, 1.807) is 0 Å². The van der Waals surface area contributed by atoms with Gasteiger partial charge in [0.15, 0.2) is 11.5 Å². The second-order valence-electron chi connectivity index (χ2n) is 5.30. The van der Waals surface area contributed by atoms with Crippen molar-refractivity contribution in [2.24, 2.45) is 5.92 Å². The fourth-order valence-electron chi connectivity index (χ4n) is 2.77. The van der Waals surface area contributed by atoms with Crippen molar-refractivity contribution < 1.29 is 14.2 Å². The summed E-state index contributed by atoms with van der Waals surface area (Å²) in [5, 5.41) is -0.0842. The fraction of sp³-hybridized carbons (Fsp3) is 0.600. The Morgan fingerprint density at radius 2 is 1.90 bits per heavy atom. The zero-order valence-electron chi connectivity index (χ0n) is 11.4. The Morgan fingerprint density at radius 3 is 2.55 bits per heavy atom. The Balaban J connectivity index is 1.91. The lowest BCUT2D eigenvalue weighted by Gasteiger charge is -2.22. The molecule has 2 aliphatic heterocycles. The number of hydrogen-bond acceptors (Lipinski definition) is 3. The molecule has 3 unspecified atom stereocenters. The van der Waals surface area contributed by atoms with Crippen LogP contribution in [0.3, 0.4) is 0 Å². The maximum atomic E-state index is 6.69. The molecule has 1 aromatic rings. The molecule has 110 valence electrons. The van der Waals surface area contributed by atoms with Crippen LogP contribution >= 0.6 is 27.5 Å². The summed E-state index contributed by atoms with van der Waals surface area (Å²) in [6.45, 7) is 4.25. The lowest BCUT2D eigenvalue weighted by Crippen LogP contribution is -2.17. The second kappa shape index (κ2) is 6.12. The zero-order chi connectivity index (χ0) is 14.1. The van der Waals surface area contributed by atoms with E-state index in [1.807, 2.05) is 12.1 Å². The molecule has 3 nitrogen and oxygen atoms in total. The molecule has 1 fully saturated rings. The molecule has 2 heterocycles. The van der Waals surface area contributed by atoms with E-state index >= 15 is 0 Å². The minimum absolute atomic E-state index is 0.0842. The molecule has 1 saturated heterocycles. The number of hydrogen-bond donors (Lipinski definition) is 0. The number of alkyl halides is 1. The van der Waals surface area contributed by atoms with Gasteiger partial charge >= 0.3 is 0 Å². The fourth-order valence-corrected chi connectivity index (χ4v) is 3.99. The Hall–Kier alpha value is -0.450. The van der Waals surface area contributed by atoms with Gasteiger partial charge in [-0.2, -0.15) is 0 Å². The Morgan fingerprint density at radius 1 is 1.20 bits per heavy atom. The van der Waals surface area contributed by atoms with Crippen LogP contribution in [0.25, 0.3) is 0 Å². The summed E-state index contributed by atoms with van der Waals surface area (Å²) in [5.74, 6) is 1.91. The van der Waals surface area contributed by atoms with Crippen LogP contribution in [0.15, 0.2) is 16.6 Å². The van der Waals surface area contributed by atoms with Crippen LogP contribution in [-0.2, 0) is 4.74 Å². The lowest BCUT2D eigenvalue weighted by molar-refractivity contribution is 0.105. The molecule has 2 aliphatic rings. The highest BCUT2D eigenvalue weighted by Crippen LogP contribution is 2.44. The highest BCUT2D eigenvalue weighted by atomic mass is 79.9. The van der Waals surface area contributed by atoms with Gasteiger partial charge in [0.2, 0.25) is 0 Å². The van der Waals surface area contributed by atoms with Crippen LogP contribution in [0.1, 0.15) is 30.7 Å². The molecule has 3 atom stereocenters. The summed E-state index contributed by atoms with van der Waals surface area (Å²) in [7, 11) is 0. The van der Waals surface area contributed by atoms with Gasteiger partial charge in [-0.3, -0.25) is 0 Å². The Labute approximate surface area is 132 Å². The van der Waals surface area contributed by atoms with Crippen molar-refractivity contribution in [1.29, 1.82) is 0 Å². The summed E-state index contributed by atoms with van der Waals surface area (Å²) in [6, 6.07) is 3.97. The zero-order valence-corrected chi connectivity index (χ0v) is 13.7. The van der Waals surface area contributed by atoms with Crippen LogP contribution in [0, 0.1) is 5.92 Å². The molecule has 0 N–H and O–H groups in total. The molecule has 0 radical (unpaired) electrons. The smallest absolute Gasteiger partial charge is 0.162 e. The normalized spacial score (nSPS) is 27.1. The number of ether oxygens (including phenoxy) is 3. The highest BCUT2D eigenvalue weighted by Gasteiger charge is 2.33. The van der Waals surface area contributed by atoms with E-state index in [-0.39, 0.29) is 11.5 Å². The topological polar surface area (TPSA) is 27.7 Å². The third kappa shape index (κ3) is 2.78. The quantitative estimate of drug-likeness (QED) is 0.734. The Kier molecular flexibility index (Phi) is 4.43. The van der Waals surface area contributed by atoms with Crippen molar-refractivity contribution >= 4 is 27.5 Å². The van der Waals surface area contributed by atoms with Crippen LogP contribution in [0.2, 0.25) is 0 Å². The van der Waals surface area contributed by atoms with E-state index < -0.39 is 0 Å². The highest BCUT2D eigenvalue weighted by molar-refractivity contribution is 9.10. The Bertz CT molecular complexity index is 494. The minimum Gasteiger partial charge on any atom is -0.490 e. The molecule has 0 amide bonds. The van der Waals surface area contributed by atoms with Gasteiger partial charge in [0.25, 0.3) is 0 Å². The van der Waals surface area contributed by atoms with Crippen LogP contribution in [0.4, 0.5) is 0 Å². The molecule has 0 spiro atoms. The molecular weight excluding hydrogens is 344 g/mol. The summed E-state index contributed by atoms with van der Waals surface area (Å²) >= 11 is 10.3. The van der Waals surface area contributed by atoms with Crippen molar-refractivity contribution in [1.82, 2.24) is 0 Å². The molecule has 0 bridgehead atoms. The third-order valence-electron chi connectivity index (χ3n) is 3.97. The summed E-state index contributed by atoms with van der Waals surface area (Å²) in [5.41, 5.74) is 1.05. The van der Waals surface area contributed by atoms with Gasteiger partial charge in [-0.25, -0.2) is 0 Å². The second-order valence-corrected chi connectivity index (χ2v) is 6.63. The maximum Gasteiger partial charge on any atom is 0.162 e. The van der Waals surface area contributed by atoms with E-state index in [4.69, 9.17) is 25.8 Å². The molecule has 1 aromatic carbocycles. The average molecular weight is 362 g/mol. The van der Waals surface area contributed by atoms with Gasteiger partial charge in [0.1, 0.15) is 0 Å². The van der Waals surface area contributed by atoms with Crippen molar-refractivity contribution in [2.75, 3.05) is 19.8 Å². The predicted molar refractivity (Wildman–Crippen MR) is 81.9 cm³/mol. The van der Waals surface area contributed by atoms with Gasteiger partial charge in [-0.15, -0.1) is 11.6 Å². The number of fused-ring (bicyclic) bond motifs is 1. The van der Waals surface area contributed by atoms with E-state index in [1.165, 1.54) is 0 Å². The molecule has 5 heteroatoms. The SMILES string of the molecule is CC1OCCC1C(Cl)c1cc2c(cc1Br)OCCCO2. The van der Waals surface area contributed by atoms with E-state index in [2.05, 4.69) is 22.9 Å². The monoisotopic (exact) mass is 360 g/mol. The number of halogens is 2. The minimum atomic E-state index is -0.0842. The van der Waals surface area contributed by atoms with Crippen molar-refractivity contribution in [3.05, 3.63) is 22.2 Å². The van der Waals surface area contributed by atoms with E-state index in [0.29, 0.717) is 19.1 Å². The van der Waals surface area contributed by atoms with Crippen LogP contribution < -0.4 is 9.47 Å². The first-order valence-electron chi connectivity index (χ1n) is 7.01. The van der Waals surface area contributed by atoms with Gasteiger partial charge in [0.05, 0.1) is 24.7 Å². The summed E-state index contributed by atoms with van der Waals surface area (Å²) in [4.78, 5) is 0. The van der Waals surface area contributed by atoms with Crippen LogP contribution in [0.5, 0.6) is 11.5 Å².